The van der Waals surface area contributed by atoms with Crippen molar-refractivity contribution in [2.24, 2.45) is 0 Å². The monoisotopic (exact) mass is 420 g/mol. The molecule has 0 aliphatic carbocycles. The first-order chi connectivity index (χ1) is 10.6. The van der Waals surface area contributed by atoms with Crippen LogP contribution < -0.4 is 4.74 Å². The summed E-state index contributed by atoms with van der Waals surface area (Å²) in [7, 11) is 0. The molecule has 0 saturated carbocycles. The van der Waals surface area contributed by atoms with Crippen molar-refractivity contribution in [1.82, 2.24) is 0 Å². The van der Waals surface area contributed by atoms with Gasteiger partial charge in [0, 0.05) is 4.47 Å². The Balaban J connectivity index is 1.83. The summed E-state index contributed by atoms with van der Waals surface area (Å²) in [5.74, 6) is 0.0910. The Morgan fingerprint density at radius 2 is 1.68 bits per heavy atom. The maximum Gasteiger partial charge on any atom is 0.379 e. The summed E-state index contributed by atoms with van der Waals surface area (Å²) in [6.45, 7) is 0. The molecule has 0 radical (unpaired) electrons. The highest BCUT2D eigenvalue weighted by molar-refractivity contribution is 9.10. The van der Waals surface area contributed by atoms with Gasteiger partial charge in [-0.3, -0.25) is 0 Å². The van der Waals surface area contributed by atoms with Gasteiger partial charge in [0.25, 0.3) is 0 Å². The van der Waals surface area contributed by atoms with Crippen molar-refractivity contribution in [3.05, 3.63) is 75.6 Å². The van der Waals surface area contributed by atoms with Gasteiger partial charge in [-0.15, -0.1) is 0 Å². The van der Waals surface area contributed by atoms with Crippen LogP contribution >= 0.6 is 31.9 Å². The molecule has 0 unspecified atom stereocenters. The van der Waals surface area contributed by atoms with Crippen molar-refractivity contribution in [2.45, 2.75) is 0 Å². The van der Waals surface area contributed by atoms with Crippen LogP contribution in [0.5, 0.6) is 5.75 Å². The lowest BCUT2D eigenvalue weighted by Crippen LogP contribution is -2.07. The lowest BCUT2D eigenvalue weighted by Gasteiger charge is -2.08. The van der Waals surface area contributed by atoms with Crippen LogP contribution in [0.3, 0.4) is 0 Å². The zero-order valence-corrected chi connectivity index (χ0v) is 14.4. The van der Waals surface area contributed by atoms with Crippen molar-refractivity contribution in [1.29, 1.82) is 0 Å². The van der Waals surface area contributed by atoms with Gasteiger partial charge in [0.15, 0.2) is 0 Å². The molecule has 1 heterocycles. The second-order valence-corrected chi connectivity index (χ2v) is 6.29. The Hall–Kier alpha value is -1.85. The van der Waals surface area contributed by atoms with Gasteiger partial charge >= 0.3 is 5.97 Å². The molecular weight excluding hydrogens is 412 g/mol. The third kappa shape index (κ3) is 3.31. The average molecular weight is 422 g/mol. The Morgan fingerprint density at radius 1 is 0.955 bits per heavy atom. The highest BCUT2D eigenvalue weighted by Crippen LogP contribution is 2.31. The molecule has 0 fully saturated rings. The molecule has 3 rings (SSSR count). The van der Waals surface area contributed by atoms with Gasteiger partial charge in [0.2, 0.25) is 5.76 Å². The largest absolute Gasteiger partial charge is 0.457 e. The number of furan rings is 1. The predicted molar refractivity (Wildman–Crippen MR) is 90.9 cm³/mol. The summed E-state index contributed by atoms with van der Waals surface area (Å²) in [5, 5.41) is 0. The van der Waals surface area contributed by atoms with Crippen molar-refractivity contribution in [3.8, 4) is 16.9 Å². The lowest BCUT2D eigenvalue weighted by atomic mass is 10.1. The molecule has 0 bridgehead atoms. The number of carbonyl (C=O) groups excluding carboxylic acids is 1. The minimum atomic E-state index is -0.526. The maximum atomic E-state index is 11.9. The average Bonchev–Trinajstić information content (AvgIpc) is 3.04. The second kappa shape index (κ2) is 6.50. The molecule has 0 amide bonds. The van der Waals surface area contributed by atoms with Crippen LogP contribution in [0.1, 0.15) is 10.6 Å². The summed E-state index contributed by atoms with van der Waals surface area (Å²) in [6.07, 6.45) is 1.43. The molecule has 22 heavy (non-hydrogen) atoms. The van der Waals surface area contributed by atoms with Gasteiger partial charge < -0.3 is 9.15 Å². The summed E-state index contributed by atoms with van der Waals surface area (Å²) in [5.41, 5.74) is 2.10. The molecule has 0 N–H and O–H groups in total. The third-order valence-electron chi connectivity index (χ3n) is 3.03. The van der Waals surface area contributed by atoms with Gasteiger partial charge in [-0.25, -0.2) is 4.79 Å². The van der Waals surface area contributed by atoms with Crippen molar-refractivity contribution >= 4 is 37.8 Å². The molecule has 3 aromatic rings. The first-order valence-corrected chi connectivity index (χ1v) is 8.03. The van der Waals surface area contributed by atoms with Gasteiger partial charge in [-0.2, -0.15) is 0 Å². The number of hydrogen-bond donors (Lipinski definition) is 0. The number of halogens is 2. The number of rotatable bonds is 3. The molecule has 0 aliphatic heterocycles. The molecule has 1 aromatic heterocycles. The van der Waals surface area contributed by atoms with Crippen LogP contribution in [0.4, 0.5) is 0 Å². The van der Waals surface area contributed by atoms with E-state index >= 15 is 0 Å². The first-order valence-electron chi connectivity index (χ1n) is 6.44. The van der Waals surface area contributed by atoms with Crippen molar-refractivity contribution in [3.63, 3.8) is 0 Å². The summed E-state index contributed by atoms with van der Waals surface area (Å²) < 4.78 is 12.1. The van der Waals surface area contributed by atoms with E-state index in [1.807, 2.05) is 36.4 Å². The van der Waals surface area contributed by atoms with Crippen LogP contribution in [-0.2, 0) is 0 Å². The van der Waals surface area contributed by atoms with Gasteiger partial charge in [-0.1, -0.05) is 34.1 Å². The third-order valence-corrected chi connectivity index (χ3v) is 4.18. The van der Waals surface area contributed by atoms with Crippen LogP contribution in [0, 0.1) is 0 Å². The number of hydrogen-bond acceptors (Lipinski definition) is 3. The van der Waals surface area contributed by atoms with E-state index in [9.17, 15) is 4.79 Å². The SMILES string of the molecule is O=C(Oc1ccc(-c2ccc(Br)cc2)cc1Br)c1ccco1. The zero-order chi connectivity index (χ0) is 15.5. The second-order valence-electron chi connectivity index (χ2n) is 4.52. The van der Waals surface area contributed by atoms with Crippen LogP contribution in [-0.4, -0.2) is 5.97 Å². The molecule has 0 saturated heterocycles. The standard InChI is InChI=1S/C17H10Br2O3/c18-13-6-3-11(4-7-13)12-5-8-15(14(19)10-12)22-17(20)16-2-1-9-21-16/h1-10H. The van der Waals surface area contributed by atoms with Gasteiger partial charge in [0.1, 0.15) is 5.75 Å². The van der Waals surface area contributed by atoms with Crippen LogP contribution in [0.15, 0.2) is 74.2 Å². The fraction of sp³-hybridized carbons (Fsp3) is 0. The Kier molecular flexibility index (Phi) is 4.45. The molecule has 5 heteroatoms. The fourth-order valence-electron chi connectivity index (χ4n) is 1.95. The van der Waals surface area contributed by atoms with E-state index in [0.29, 0.717) is 10.2 Å². The Labute approximate surface area is 144 Å². The first kappa shape index (κ1) is 15.1. The number of benzene rings is 2. The smallest absolute Gasteiger partial charge is 0.379 e. The lowest BCUT2D eigenvalue weighted by molar-refractivity contribution is 0.0700. The Bertz CT molecular complexity index is 793. The molecular formula is C17H10Br2O3. The van der Waals surface area contributed by atoms with E-state index in [1.54, 1.807) is 18.2 Å². The number of esters is 1. The summed E-state index contributed by atoms with van der Waals surface area (Å²) in [6, 6.07) is 16.8. The van der Waals surface area contributed by atoms with E-state index in [-0.39, 0.29) is 5.76 Å². The highest BCUT2D eigenvalue weighted by Gasteiger charge is 2.13. The highest BCUT2D eigenvalue weighted by atomic mass is 79.9. The zero-order valence-electron chi connectivity index (χ0n) is 11.3. The van der Waals surface area contributed by atoms with Gasteiger partial charge in [-0.05, 0) is 63.5 Å². The van der Waals surface area contributed by atoms with Crippen molar-refractivity contribution in [2.75, 3.05) is 0 Å². The van der Waals surface area contributed by atoms with E-state index < -0.39 is 5.97 Å². The van der Waals surface area contributed by atoms with E-state index in [4.69, 9.17) is 9.15 Å². The van der Waals surface area contributed by atoms with Gasteiger partial charge in [0.05, 0.1) is 10.7 Å². The van der Waals surface area contributed by atoms with Crippen LogP contribution in [0.25, 0.3) is 11.1 Å². The predicted octanol–water partition coefficient (Wildman–Crippen LogP) is 5.69. The Morgan fingerprint density at radius 3 is 2.32 bits per heavy atom. The summed E-state index contributed by atoms with van der Waals surface area (Å²) in [4.78, 5) is 11.9. The van der Waals surface area contributed by atoms with E-state index in [1.165, 1.54) is 6.26 Å². The molecule has 110 valence electrons. The molecule has 0 atom stereocenters. The normalized spacial score (nSPS) is 10.5. The maximum absolute atomic E-state index is 11.9. The number of ether oxygens (including phenoxy) is 1. The van der Waals surface area contributed by atoms with Crippen molar-refractivity contribution < 1.29 is 13.9 Å². The fourth-order valence-corrected chi connectivity index (χ4v) is 2.67. The molecule has 0 aliphatic rings. The minimum Gasteiger partial charge on any atom is -0.457 e. The molecule has 3 nitrogen and oxygen atoms in total. The van der Waals surface area contributed by atoms with E-state index in [0.717, 1.165) is 15.6 Å². The molecule has 0 spiro atoms. The number of carbonyl (C=O) groups is 1. The summed E-state index contributed by atoms with van der Waals surface area (Å²) >= 11 is 6.85. The van der Waals surface area contributed by atoms with E-state index in [2.05, 4.69) is 31.9 Å². The molecule has 2 aromatic carbocycles. The topological polar surface area (TPSA) is 39.4 Å². The minimum absolute atomic E-state index is 0.170. The quantitative estimate of drug-likeness (QED) is 0.402. The van der Waals surface area contributed by atoms with Crippen LogP contribution in [0.2, 0.25) is 0 Å².